The third kappa shape index (κ3) is 8.91. The van der Waals surface area contributed by atoms with Crippen molar-refractivity contribution in [1.82, 2.24) is 4.90 Å². The first-order valence-electron chi connectivity index (χ1n) is 13.7. The average molecular weight is 548 g/mol. The van der Waals surface area contributed by atoms with Gasteiger partial charge in [-0.3, -0.25) is 0 Å². The maximum absolute atomic E-state index is 12.5. The number of ether oxygens (including phenoxy) is 2. The number of sulfone groups is 1. The van der Waals surface area contributed by atoms with E-state index in [-0.39, 0.29) is 29.3 Å². The fraction of sp³-hybridized carbons (Fsp3) is 0.552. The van der Waals surface area contributed by atoms with Crippen LogP contribution in [0.25, 0.3) is 0 Å². The molecule has 0 spiro atoms. The van der Waals surface area contributed by atoms with E-state index in [1.54, 1.807) is 42.5 Å². The number of carboxylic acid groups (broad SMARTS) is 1. The van der Waals surface area contributed by atoms with Crippen molar-refractivity contribution >= 4 is 15.9 Å². The Hall–Kier alpha value is -2.78. The number of amides is 1. The van der Waals surface area contributed by atoms with E-state index >= 15 is 0 Å². The highest BCUT2D eigenvalue weighted by Gasteiger charge is 2.37. The summed E-state index contributed by atoms with van der Waals surface area (Å²) in [4.78, 5) is 13.5. The van der Waals surface area contributed by atoms with Crippen LogP contribution in [0.2, 0.25) is 0 Å². The van der Waals surface area contributed by atoms with Gasteiger partial charge in [-0.15, -0.1) is 0 Å². The molecular weight excluding hydrogens is 506 g/mol. The quantitative estimate of drug-likeness (QED) is 0.224. The molecule has 0 unspecified atom stereocenters. The van der Waals surface area contributed by atoms with E-state index < -0.39 is 22.0 Å². The van der Waals surface area contributed by atoms with E-state index in [2.05, 4.69) is 6.92 Å². The molecule has 1 amide bonds. The van der Waals surface area contributed by atoms with Gasteiger partial charge in [-0.2, -0.15) is 0 Å². The minimum absolute atomic E-state index is 0.0265. The Kier molecular flexibility index (Phi) is 11.3. The van der Waals surface area contributed by atoms with E-state index in [1.807, 2.05) is 6.92 Å². The molecule has 0 radical (unpaired) electrons. The molecule has 2 atom stereocenters. The zero-order valence-electron chi connectivity index (χ0n) is 22.4. The Morgan fingerprint density at radius 1 is 1.00 bits per heavy atom. The van der Waals surface area contributed by atoms with Crippen molar-refractivity contribution in [2.75, 3.05) is 13.2 Å². The molecule has 1 fully saturated rings. The molecule has 38 heavy (non-hydrogen) atoms. The zero-order chi connectivity index (χ0) is 27.5. The number of rotatable bonds is 17. The number of hydrogen-bond acceptors (Lipinski definition) is 6. The minimum atomic E-state index is -3.32. The topological polar surface area (TPSA) is 113 Å². The van der Waals surface area contributed by atoms with Crippen molar-refractivity contribution in [3.63, 3.8) is 0 Å². The fourth-order valence-corrected chi connectivity index (χ4v) is 6.16. The van der Waals surface area contributed by atoms with Crippen LogP contribution in [-0.4, -0.2) is 60.2 Å². The lowest BCUT2D eigenvalue weighted by atomic mass is 10.0. The van der Waals surface area contributed by atoms with Crippen LogP contribution in [0.1, 0.15) is 71.6 Å². The van der Waals surface area contributed by atoms with Crippen LogP contribution in [0.3, 0.4) is 0 Å². The van der Waals surface area contributed by atoms with Gasteiger partial charge in [0, 0.05) is 12.1 Å². The number of hydrogen-bond donors (Lipinski definition) is 2. The average Bonchev–Trinajstić information content (AvgIpc) is 3.75. The summed E-state index contributed by atoms with van der Waals surface area (Å²) in [6.07, 6.45) is 6.40. The monoisotopic (exact) mass is 547 g/mol. The molecule has 1 aliphatic rings. The van der Waals surface area contributed by atoms with Crippen molar-refractivity contribution in [1.29, 1.82) is 0 Å². The largest absolute Gasteiger partial charge is 0.491 e. The van der Waals surface area contributed by atoms with Gasteiger partial charge >= 0.3 is 6.09 Å². The number of aliphatic hydroxyl groups is 1. The fourth-order valence-electron chi connectivity index (χ4n) is 4.47. The van der Waals surface area contributed by atoms with E-state index in [9.17, 15) is 23.4 Å². The van der Waals surface area contributed by atoms with E-state index in [4.69, 9.17) is 9.47 Å². The molecule has 0 bridgehead atoms. The SMILES string of the molecule is CCCCCCC[C@H](CC)N(C[C@H](O)COc1cccc(Oc2cccc(S(=O)(=O)C3CC3)c2)c1)C(=O)O. The summed E-state index contributed by atoms with van der Waals surface area (Å²) in [5.74, 6) is 1.31. The maximum Gasteiger partial charge on any atom is 0.407 e. The van der Waals surface area contributed by atoms with E-state index in [0.717, 1.165) is 32.1 Å². The molecule has 0 aromatic heterocycles. The van der Waals surface area contributed by atoms with Gasteiger partial charge in [0.2, 0.25) is 0 Å². The number of aliphatic hydroxyl groups excluding tert-OH is 1. The van der Waals surface area contributed by atoms with Crippen molar-refractivity contribution in [2.45, 2.75) is 93.9 Å². The first-order chi connectivity index (χ1) is 18.2. The van der Waals surface area contributed by atoms with Gasteiger partial charge in [-0.25, -0.2) is 13.2 Å². The lowest BCUT2D eigenvalue weighted by Crippen LogP contribution is -2.45. The molecule has 1 aliphatic carbocycles. The van der Waals surface area contributed by atoms with Gasteiger partial charge in [0.1, 0.15) is 30.0 Å². The number of benzene rings is 2. The highest BCUT2D eigenvalue weighted by Crippen LogP contribution is 2.35. The maximum atomic E-state index is 12.5. The summed E-state index contributed by atoms with van der Waals surface area (Å²) in [6, 6.07) is 13.1. The summed E-state index contributed by atoms with van der Waals surface area (Å²) < 4.78 is 36.7. The smallest absolute Gasteiger partial charge is 0.407 e. The number of carbonyl (C=O) groups is 1. The van der Waals surface area contributed by atoms with Crippen molar-refractivity contribution < 1.29 is 32.9 Å². The molecule has 9 heteroatoms. The predicted octanol–water partition coefficient (Wildman–Crippen LogP) is 6.27. The normalized spacial score (nSPS) is 15.0. The van der Waals surface area contributed by atoms with Crippen molar-refractivity contribution in [3.8, 4) is 17.2 Å². The summed E-state index contributed by atoms with van der Waals surface area (Å²) in [5.41, 5.74) is 0. The van der Waals surface area contributed by atoms with Gasteiger partial charge in [-0.1, -0.05) is 58.1 Å². The molecule has 0 aliphatic heterocycles. The molecule has 2 N–H and O–H groups in total. The molecule has 8 nitrogen and oxygen atoms in total. The minimum Gasteiger partial charge on any atom is -0.491 e. The molecular formula is C29H41NO7S. The van der Waals surface area contributed by atoms with Gasteiger partial charge in [0.15, 0.2) is 9.84 Å². The van der Waals surface area contributed by atoms with Gasteiger partial charge < -0.3 is 24.6 Å². The third-order valence-corrected chi connectivity index (χ3v) is 9.05. The molecule has 0 heterocycles. The summed E-state index contributed by atoms with van der Waals surface area (Å²) >= 11 is 0. The third-order valence-electron chi connectivity index (χ3n) is 6.79. The standard InChI is InChI=1S/C29H41NO7S/c1-3-5-6-7-8-11-22(4-2)30(29(32)33)20-23(31)21-36-24-12-9-13-25(18-24)37-26-14-10-15-28(19-26)38(34,35)27-16-17-27/h9-10,12-15,18-19,22-23,27,31H,3-8,11,16-17,20-21H2,1-2H3,(H,32,33)/t22-,23-/m0/s1. The second-order valence-electron chi connectivity index (χ2n) is 9.96. The Morgan fingerprint density at radius 2 is 1.66 bits per heavy atom. The van der Waals surface area contributed by atoms with Crippen LogP contribution < -0.4 is 9.47 Å². The lowest BCUT2D eigenvalue weighted by molar-refractivity contribution is 0.0481. The molecule has 2 aromatic carbocycles. The van der Waals surface area contributed by atoms with Crippen LogP contribution in [0.4, 0.5) is 4.79 Å². The Morgan fingerprint density at radius 3 is 2.32 bits per heavy atom. The summed E-state index contributed by atoms with van der Waals surface area (Å²) in [7, 11) is -3.32. The second kappa shape index (κ2) is 14.4. The Labute approximate surface area is 226 Å². The van der Waals surface area contributed by atoms with Crippen LogP contribution in [0.5, 0.6) is 17.2 Å². The van der Waals surface area contributed by atoms with Gasteiger partial charge in [-0.05, 0) is 56.0 Å². The van der Waals surface area contributed by atoms with Crippen LogP contribution in [0, 0.1) is 0 Å². The molecule has 1 saturated carbocycles. The van der Waals surface area contributed by atoms with Crippen molar-refractivity contribution in [3.05, 3.63) is 48.5 Å². The summed E-state index contributed by atoms with van der Waals surface area (Å²) in [6.45, 7) is 4.03. The van der Waals surface area contributed by atoms with E-state index in [0.29, 0.717) is 36.5 Å². The van der Waals surface area contributed by atoms with Gasteiger partial charge in [0.25, 0.3) is 0 Å². The van der Waals surface area contributed by atoms with Crippen LogP contribution in [0.15, 0.2) is 53.4 Å². The molecule has 210 valence electrons. The predicted molar refractivity (Wildman–Crippen MR) is 147 cm³/mol. The second-order valence-corrected chi connectivity index (χ2v) is 12.2. The van der Waals surface area contributed by atoms with Crippen molar-refractivity contribution in [2.24, 2.45) is 0 Å². The highest BCUT2D eigenvalue weighted by molar-refractivity contribution is 7.92. The number of unbranched alkanes of at least 4 members (excludes halogenated alkanes) is 4. The van der Waals surface area contributed by atoms with Crippen LogP contribution >= 0.6 is 0 Å². The number of nitrogens with zero attached hydrogens (tertiary/aromatic N) is 1. The first-order valence-corrected chi connectivity index (χ1v) is 15.2. The zero-order valence-corrected chi connectivity index (χ0v) is 23.2. The Balaban J connectivity index is 1.54. The first kappa shape index (κ1) is 29.8. The van der Waals surface area contributed by atoms with E-state index in [1.165, 1.54) is 17.4 Å². The lowest BCUT2D eigenvalue weighted by Gasteiger charge is -2.30. The Bertz CT molecular complexity index is 1130. The van der Waals surface area contributed by atoms with Gasteiger partial charge in [0.05, 0.1) is 16.7 Å². The molecule has 2 aromatic rings. The molecule has 3 rings (SSSR count). The van der Waals surface area contributed by atoms with Crippen LogP contribution in [-0.2, 0) is 9.84 Å². The summed E-state index contributed by atoms with van der Waals surface area (Å²) in [5, 5.41) is 20.0. The molecule has 0 saturated heterocycles. The highest BCUT2D eigenvalue weighted by atomic mass is 32.2.